The van der Waals surface area contributed by atoms with Gasteiger partial charge in [0.2, 0.25) is 0 Å². The molecule has 1 aliphatic rings. The Balaban J connectivity index is 1.54. The number of nitrogens with zero attached hydrogens (tertiary/aromatic N) is 4. The van der Waals surface area contributed by atoms with Crippen LogP contribution in [0, 0.1) is 6.92 Å². The van der Waals surface area contributed by atoms with Crippen molar-refractivity contribution >= 4 is 41.5 Å². The Morgan fingerprint density at radius 1 is 1.23 bits per heavy atom. The van der Waals surface area contributed by atoms with Crippen LogP contribution in [0.4, 0.5) is 4.79 Å². The zero-order chi connectivity index (χ0) is 28.4. The number of benzene rings is 1. The molecule has 1 N–H and O–H groups in total. The van der Waals surface area contributed by atoms with Gasteiger partial charge in [0.15, 0.2) is 14.0 Å². The zero-order valence-electron chi connectivity index (χ0n) is 23.9. The fourth-order valence-corrected chi connectivity index (χ4v) is 6.52. The molecule has 10 heteroatoms. The van der Waals surface area contributed by atoms with Crippen LogP contribution in [-0.2, 0) is 22.3 Å². The summed E-state index contributed by atoms with van der Waals surface area (Å²) in [6.45, 7) is 14.2. The van der Waals surface area contributed by atoms with Gasteiger partial charge in [-0.25, -0.2) is 14.8 Å². The van der Waals surface area contributed by atoms with Crippen LogP contribution >= 0.6 is 15.9 Å². The second-order valence-electron chi connectivity index (χ2n) is 12.0. The lowest BCUT2D eigenvalue weighted by atomic mass is 9.94. The molecule has 3 aromatic rings. The fraction of sp³-hybridized carbons (Fsp3) is 0.552. The second kappa shape index (κ2) is 12.1. The van der Waals surface area contributed by atoms with E-state index >= 15 is 0 Å². The Labute approximate surface area is 241 Å². The summed E-state index contributed by atoms with van der Waals surface area (Å²) in [5.41, 5.74) is 3.48. The van der Waals surface area contributed by atoms with Gasteiger partial charge >= 0.3 is 6.09 Å². The van der Waals surface area contributed by atoms with E-state index < -0.39 is 14.4 Å². The molecular weight excluding hydrogens is 576 g/mol. The lowest BCUT2D eigenvalue weighted by Gasteiger charge is -2.46. The number of carbonyl (C=O) groups is 1. The first-order valence-electron chi connectivity index (χ1n) is 13.7. The molecule has 4 rings (SSSR count). The molecule has 2 aromatic heterocycles. The lowest BCUT2D eigenvalue weighted by molar-refractivity contribution is -0.0128. The van der Waals surface area contributed by atoms with Crippen LogP contribution in [0.2, 0.25) is 18.1 Å². The number of rotatable bonds is 8. The summed E-state index contributed by atoms with van der Waals surface area (Å²) in [4.78, 5) is 24.2. The molecule has 0 bridgehead atoms. The Morgan fingerprint density at radius 2 is 1.95 bits per heavy atom. The topological polar surface area (TPSA) is 89.7 Å². The highest BCUT2D eigenvalue weighted by Crippen LogP contribution is 2.40. The number of aliphatic hydroxyl groups is 1. The first kappa shape index (κ1) is 29.7. The third-order valence-electron chi connectivity index (χ3n) is 8.15. The maximum absolute atomic E-state index is 13.4. The van der Waals surface area contributed by atoms with Crippen molar-refractivity contribution in [3.63, 3.8) is 0 Å². The van der Waals surface area contributed by atoms with Crippen molar-refractivity contribution in [1.82, 2.24) is 19.4 Å². The van der Waals surface area contributed by atoms with E-state index in [2.05, 4.69) is 59.8 Å². The predicted octanol–water partition coefficient (Wildman–Crippen LogP) is 6.44. The molecule has 8 nitrogen and oxygen atoms in total. The van der Waals surface area contributed by atoms with Gasteiger partial charge in [0, 0.05) is 17.2 Å². The number of pyridine rings is 1. The molecule has 1 aliphatic heterocycles. The van der Waals surface area contributed by atoms with Crippen molar-refractivity contribution in [3.8, 4) is 0 Å². The number of hydrogen-bond acceptors (Lipinski definition) is 6. The minimum absolute atomic E-state index is 0.0276. The highest BCUT2D eigenvalue weighted by Gasteiger charge is 2.44. The minimum Gasteiger partial charge on any atom is -0.445 e. The number of aryl methyl sites for hydroxylation is 1. The first-order chi connectivity index (χ1) is 18.4. The highest BCUT2D eigenvalue weighted by molar-refractivity contribution is 9.10. The smallest absolute Gasteiger partial charge is 0.410 e. The average Bonchev–Trinajstić information content (AvgIpc) is 3.28. The largest absolute Gasteiger partial charge is 0.445 e. The van der Waals surface area contributed by atoms with E-state index in [9.17, 15) is 9.90 Å². The number of likely N-dealkylation sites (tertiary alicyclic amines) is 1. The van der Waals surface area contributed by atoms with E-state index in [0.29, 0.717) is 19.5 Å². The number of ether oxygens (including phenoxy) is 1. The van der Waals surface area contributed by atoms with Crippen molar-refractivity contribution in [2.45, 2.75) is 96.5 Å². The molecule has 212 valence electrons. The Morgan fingerprint density at radius 3 is 2.64 bits per heavy atom. The van der Waals surface area contributed by atoms with Crippen LogP contribution < -0.4 is 0 Å². The van der Waals surface area contributed by atoms with Crippen molar-refractivity contribution < 1.29 is 19.1 Å². The normalized spacial score (nSPS) is 19.3. The van der Waals surface area contributed by atoms with E-state index in [1.54, 1.807) is 17.4 Å². The molecule has 1 fully saturated rings. The summed E-state index contributed by atoms with van der Waals surface area (Å²) >= 11 is 3.51. The maximum Gasteiger partial charge on any atom is 0.410 e. The van der Waals surface area contributed by atoms with Crippen LogP contribution in [0.3, 0.4) is 0 Å². The van der Waals surface area contributed by atoms with Gasteiger partial charge in [0.05, 0.1) is 31.1 Å². The number of imidazole rings is 1. The molecule has 0 aliphatic carbocycles. The summed E-state index contributed by atoms with van der Waals surface area (Å²) in [5, 5.41) is 11.4. The van der Waals surface area contributed by atoms with Gasteiger partial charge in [-0.3, -0.25) is 0 Å². The van der Waals surface area contributed by atoms with E-state index in [1.807, 2.05) is 41.8 Å². The van der Waals surface area contributed by atoms with Crippen LogP contribution in [0.1, 0.15) is 51.2 Å². The molecule has 1 amide bonds. The number of aliphatic hydroxyl groups excluding tert-OH is 1. The summed E-state index contributed by atoms with van der Waals surface area (Å²) in [6, 6.07) is 9.39. The average molecular weight is 618 g/mol. The van der Waals surface area contributed by atoms with Gasteiger partial charge in [-0.05, 0) is 71.4 Å². The first-order valence-corrected chi connectivity index (χ1v) is 17.4. The van der Waals surface area contributed by atoms with E-state index in [1.165, 1.54) is 0 Å². The van der Waals surface area contributed by atoms with Crippen LogP contribution in [-0.4, -0.2) is 63.7 Å². The van der Waals surface area contributed by atoms with Crippen molar-refractivity contribution in [3.05, 3.63) is 58.5 Å². The summed E-state index contributed by atoms with van der Waals surface area (Å²) in [6.07, 6.45) is 4.25. The molecule has 0 radical (unpaired) electrons. The van der Waals surface area contributed by atoms with Crippen LogP contribution in [0.25, 0.3) is 11.2 Å². The number of halogens is 1. The zero-order valence-corrected chi connectivity index (χ0v) is 26.4. The van der Waals surface area contributed by atoms with Gasteiger partial charge in [0.25, 0.3) is 0 Å². The van der Waals surface area contributed by atoms with Gasteiger partial charge < -0.3 is 23.7 Å². The van der Waals surface area contributed by atoms with Gasteiger partial charge in [0.1, 0.15) is 12.1 Å². The molecule has 1 aromatic carbocycles. The number of hydrogen-bond donors (Lipinski definition) is 1. The number of aromatic nitrogens is 3. The summed E-state index contributed by atoms with van der Waals surface area (Å²) in [5.74, 6) is 0. The van der Waals surface area contributed by atoms with E-state index in [-0.39, 0.29) is 29.9 Å². The van der Waals surface area contributed by atoms with Gasteiger partial charge in [-0.1, -0.05) is 51.1 Å². The monoisotopic (exact) mass is 616 g/mol. The number of amides is 1. The van der Waals surface area contributed by atoms with Crippen molar-refractivity contribution in [2.24, 2.45) is 0 Å². The molecule has 39 heavy (non-hydrogen) atoms. The fourth-order valence-electron chi connectivity index (χ4n) is 4.84. The highest BCUT2D eigenvalue weighted by atomic mass is 79.9. The molecule has 0 saturated carbocycles. The predicted molar refractivity (Wildman–Crippen MR) is 159 cm³/mol. The van der Waals surface area contributed by atoms with Crippen LogP contribution in [0.15, 0.2) is 47.3 Å². The number of carbonyl (C=O) groups excluding carboxylic acids is 1. The third kappa shape index (κ3) is 6.90. The molecule has 3 atom stereocenters. The van der Waals surface area contributed by atoms with Crippen molar-refractivity contribution in [2.75, 3.05) is 6.54 Å². The summed E-state index contributed by atoms with van der Waals surface area (Å²) in [7, 11) is -2.12. The van der Waals surface area contributed by atoms with Gasteiger partial charge in [-0.15, -0.1) is 0 Å². The Bertz CT molecular complexity index is 1280. The lowest BCUT2D eigenvalue weighted by Crippen LogP contribution is -2.57. The van der Waals surface area contributed by atoms with E-state index in [0.717, 1.165) is 39.6 Å². The Kier molecular flexibility index (Phi) is 9.20. The molecule has 1 saturated heterocycles. The number of piperidine rings is 1. The van der Waals surface area contributed by atoms with E-state index in [4.69, 9.17) is 9.16 Å². The molecular formula is C29H41BrN4O4Si. The summed E-state index contributed by atoms with van der Waals surface area (Å²) < 4.78 is 15.4. The molecule has 0 spiro atoms. The SMILES string of the molecule is Cc1c(Br)cnc2c1ncn2CC(O)C[C@@H]1[C@@H](O[Si](C)(C)C(C)(C)C)CCCN1C(=O)OCc1ccccc1. The minimum atomic E-state index is -2.12. The second-order valence-corrected chi connectivity index (χ2v) is 17.7. The quantitative estimate of drug-likeness (QED) is 0.293. The maximum atomic E-state index is 13.4. The molecule has 1 unspecified atom stereocenters. The standard InChI is InChI=1S/C29H41BrN4O4Si/c1-20-23(30)16-31-27-26(20)32-19-33(27)17-22(35)15-24-25(38-39(5,6)29(2,3)4)13-10-14-34(24)28(36)37-18-21-11-8-7-9-12-21/h7-9,11-12,16,19,22,24-25,35H,10,13-15,17-18H2,1-6H3/t22?,24-,25+/m1/s1. The van der Waals surface area contributed by atoms with Crippen molar-refractivity contribution in [1.29, 1.82) is 0 Å². The molecule has 3 heterocycles. The third-order valence-corrected chi connectivity index (χ3v) is 13.5. The van der Waals surface area contributed by atoms with Crippen LogP contribution in [0.5, 0.6) is 0 Å². The van der Waals surface area contributed by atoms with Gasteiger partial charge in [-0.2, -0.15) is 0 Å². The number of fused-ring (bicyclic) bond motifs is 1. The Hall–Kier alpha value is -2.27.